The van der Waals surface area contributed by atoms with E-state index in [-0.39, 0.29) is 5.69 Å². The molecule has 2 heterocycles. The molecule has 0 atom stereocenters. The predicted octanol–water partition coefficient (Wildman–Crippen LogP) is 1.73. The molecule has 0 aliphatic rings. The van der Waals surface area contributed by atoms with E-state index in [2.05, 4.69) is 21.0 Å². The van der Waals surface area contributed by atoms with Gasteiger partial charge in [-0.05, 0) is 28.1 Å². The van der Waals surface area contributed by atoms with E-state index in [9.17, 15) is 4.79 Å². The maximum Gasteiger partial charge on any atom is 0.352 e. The van der Waals surface area contributed by atoms with Crippen LogP contribution in [0.3, 0.4) is 0 Å². The SMILES string of the molecule is Cn1ccc(Cn2cc(Br)cc2C(=O)O)n1. The second-order valence-corrected chi connectivity index (χ2v) is 4.37. The molecule has 0 unspecified atom stereocenters. The zero-order chi connectivity index (χ0) is 11.7. The Balaban J connectivity index is 2.30. The van der Waals surface area contributed by atoms with Crippen molar-refractivity contribution in [2.45, 2.75) is 6.54 Å². The number of carboxylic acids is 1. The molecule has 0 saturated carbocycles. The van der Waals surface area contributed by atoms with E-state index in [0.717, 1.165) is 10.2 Å². The largest absolute Gasteiger partial charge is 0.477 e. The lowest BCUT2D eigenvalue weighted by atomic mass is 10.4. The minimum Gasteiger partial charge on any atom is -0.477 e. The molecule has 0 bridgehead atoms. The van der Waals surface area contributed by atoms with Gasteiger partial charge in [0.05, 0.1) is 12.2 Å². The molecule has 2 aromatic heterocycles. The number of aromatic carboxylic acids is 1. The molecule has 0 saturated heterocycles. The van der Waals surface area contributed by atoms with E-state index >= 15 is 0 Å². The first kappa shape index (κ1) is 10.9. The van der Waals surface area contributed by atoms with Crippen molar-refractivity contribution in [1.82, 2.24) is 14.3 Å². The van der Waals surface area contributed by atoms with E-state index in [0.29, 0.717) is 6.54 Å². The van der Waals surface area contributed by atoms with Crippen molar-refractivity contribution in [3.63, 3.8) is 0 Å². The van der Waals surface area contributed by atoms with Gasteiger partial charge in [-0.1, -0.05) is 0 Å². The third kappa shape index (κ3) is 2.16. The highest BCUT2D eigenvalue weighted by molar-refractivity contribution is 9.10. The summed E-state index contributed by atoms with van der Waals surface area (Å²) in [6, 6.07) is 3.44. The fraction of sp³-hybridized carbons (Fsp3) is 0.200. The number of carboxylic acid groups (broad SMARTS) is 1. The minimum absolute atomic E-state index is 0.248. The Kier molecular flexibility index (Phi) is 2.82. The van der Waals surface area contributed by atoms with Crippen LogP contribution in [0.2, 0.25) is 0 Å². The first-order valence-corrected chi connectivity index (χ1v) is 5.43. The lowest BCUT2D eigenvalue weighted by Crippen LogP contribution is -2.09. The van der Waals surface area contributed by atoms with Crippen molar-refractivity contribution in [2.75, 3.05) is 0 Å². The summed E-state index contributed by atoms with van der Waals surface area (Å²) in [6.45, 7) is 0.452. The molecule has 0 radical (unpaired) electrons. The van der Waals surface area contributed by atoms with Crippen LogP contribution >= 0.6 is 15.9 Å². The van der Waals surface area contributed by atoms with E-state index < -0.39 is 5.97 Å². The lowest BCUT2D eigenvalue weighted by molar-refractivity contribution is 0.0685. The van der Waals surface area contributed by atoms with Crippen LogP contribution in [0.25, 0.3) is 0 Å². The van der Waals surface area contributed by atoms with Crippen LogP contribution in [-0.2, 0) is 13.6 Å². The van der Waals surface area contributed by atoms with Gasteiger partial charge in [-0.15, -0.1) is 0 Å². The van der Waals surface area contributed by atoms with Crippen LogP contribution in [0.4, 0.5) is 0 Å². The molecule has 5 nitrogen and oxygen atoms in total. The van der Waals surface area contributed by atoms with Crippen molar-refractivity contribution in [3.8, 4) is 0 Å². The van der Waals surface area contributed by atoms with Crippen LogP contribution in [0.15, 0.2) is 29.0 Å². The minimum atomic E-state index is -0.943. The van der Waals surface area contributed by atoms with Gasteiger partial charge in [-0.2, -0.15) is 5.10 Å². The first-order chi connectivity index (χ1) is 7.56. The topological polar surface area (TPSA) is 60.0 Å². The molecule has 2 rings (SSSR count). The highest BCUT2D eigenvalue weighted by Gasteiger charge is 2.12. The summed E-state index contributed by atoms with van der Waals surface area (Å²) in [5, 5.41) is 13.2. The van der Waals surface area contributed by atoms with Gasteiger partial charge in [0.1, 0.15) is 5.69 Å². The van der Waals surface area contributed by atoms with Gasteiger partial charge in [0, 0.05) is 23.9 Å². The number of rotatable bonds is 3. The number of halogens is 1. The van der Waals surface area contributed by atoms with Gasteiger partial charge >= 0.3 is 5.97 Å². The zero-order valence-corrected chi connectivity index (χ0v) is 10.2. The molecule has 16 heavy (non-hydrogen) atoms. The summed E-state index contributed by atoms with van der Waals surface area (Å²) < 4.78 is 4.09. The Morgan fingerprint density at radius 1 is 1.62 bits per heavy atom. The summed E-state index contributed by atoms with van der Waals surface area (Å²) in [6.07, 6.45) is 3.56. The zero-order valence-electron chi connectivity index (χ0n) is 8.59. The average molecular weight is 284 g/mol. The number of nitrogens with zero attached hydrogens (tertiary/aromatic N) is 3. The van der Waals surface area contributed by atoms with Crippen molar-refractivity contribution in [2.24, 2.45) is 7.05 Å². The molecular formula is C10H10BrN3O2. The van der Waals surface area contributed by atoms with Crippen molar-refractivity contribution in [1.29, 1.82) is 0 Å². The molecule has 0 spiro atoms. The van der Waals surface area contributed by atoms with E-state index in [1.165, 1.54) is 0 Å². The highest BCUT2D eigenvalue weighted by atomic mass is 79.9. The van der Waals surface area contributed by atoms with Crippen LogP contribution < -0.4 is 0 Å². The Morgan fingerprint density at radius 2 is 2.38 bits per heavy atom. The highest BCUT2D eigenvalue weighted by Crippen LogP contribution is 2.16. The van der Waals surface area contributed by atoms with E-state index in [1.807, 2.05) is 19.3 Å². The second-order valence-electron chi connectivity index (χ2n) is 3.46. The number of hydrogen-bond acceptors (Lipinski definition) is 2. The summed E-state index contributed by atoms with van der Waals surface area (Å²) in [7, 11) is 1.83. The van der Waals surface area contributed by atoms with Gasteiger partial charge in [0.25, 0.3) is 0 Å². The molecule has 0 aliphatic carbocycles. The molecular weight excluding hydrogens is 274 g/mol. The summed E-state index contributed by atoms with van der Waals surface area (Å²) in [4.78, 5) is 11.0. The van der Waals surface area contributed by atoms with E-state index in [1.54, 1.807) is 21.5 Å². The molecule has 6 heteroatoms. The molecule has 1 N–H and O–H groups in total. The number of carbonyl (C=O) groups is 1. The van der Waals surface area contributed by atoms with Gasteiger partial charge in [0.15, 0.2) is 0 Å². The van der Waals surface area contributed by atoms with Crippen LogP contribution in [0, 0.1) is 0 Å². The van der Waals surface area contributed by atoms with Crippen LogP contribution in [-0.4, -0.2) is 25.4 Å². The van der Waals surface area contributed by atoms with E-state index in [4.69, 9.17) is 5.11 Å². The average Bonchev–Trinajstić information content (AvgIpc) is 2.74. The standard InChI is InChI=1S/C10H10BrN3O2/c1-13-3-2-8(12-13)6-14-5-7(11)4-9(14)10(15)16/h2-5H,6H2,1H3,(H,15,16). The lowest BCUT2D eigenvalue weighted by Gasteiger charge is -2.02. The third-order valence-corrected chi connectivity index (χ3v) is 2.62. The first-order valence-electron chi connectivity index (χ1n) is 4.64. The monoisotopic (exact) mass is 283 g/mol. The normalized spacial score (nSPS) is 10.6. The fourth-order valence-corrected chi connectivity index (χ4v) is 1.97. The maximum atomic E-state index is 11.0. The molecule has 0 amide bonds. The summed E-state index contributed by atoms with van der Waals surface area (Å²) in [5.41, 5.74) is 1.07. The van der Waals surface area contributed by atoms with Gasteiger partial charge < -0.3 is 9.67 Å². The van der Waals surface area contributed by atoms with Crippen molar-refractivity contribution in [3.05, 3.63) is 40.4 Å². The Hall–Kier alpha value is -1.56. The molecule has 0 aliphatic heterocycles. The smallest absolute Gasteiger partial charge is 0.352 e. The summed E-state index contributed by atoms with van der Waals surface area (Å²) in [5.74, 6) is -0.943. The Morgan fingerprint density at radius 3 is 2.94 bits per heavy atom. The van der Waals surface area contributed by atoms with Crippen LogP contribution in [0.1, 0.15) is 16.2 Å². The van der Waals surface area contributed by atoms with Crippen molar-refractivity contribution >= 4 is 21.9 Å². The van der Waals surface area contributed by atoms with Gasteiger partial charge in [-0.3, -0.25) is 4.68 Å². The third-order valence-electron chi connectivity index (χ3n) is 2.18. The Labute approximate surface area is 100 Å². The quantitative estimate of drug-likeness (QED) is 0.933. The summed E-state index contributed by atoms with van der Waals surface area (Å²) >= 11 is 3.26. The number of aromatic nitrogens is 3. The van der Waals surface area contributed by atoms with Crippen molar-refractivity contribution < 1.29 is 9.90 Å². The number of aryl methyl sites for hydroxylation is 1. The number of hydrogen-bond donors (Lipinski definition) is 1. The molecule has 2 aromatic rings. The molecule has 0 aromatic carbocycles. The van der Waals surface area contributed by atoms with Gasteiger partial charge in [-0.25, -0.2) is 4.79 Å². The fourth-order valence-electron chi connectivity index (χ4n) is 1.51. The predicted molar refractivity (Wildman–Crippen MR) is 61.4 cm³/mol. The second kappa shape index (κ2) is 4.13. The molecule has 0 fully saturated rings. The Bertz CT molecular complexity index is 530. The molecule has 84 valence electrons. The van der Waals surface area contributed by atoms with Crippen LogP contribution in [0.5, 0.6) is 0 Å². The van der Waals surface area contributed by atoms with Gasteiger partial charge in [0.2, 0.25) is 0 Å². The maximum absolute atomic E-state index is 11.0.